The first kappa shape index (κ1) is 22.7. The fourth-order valence-corrected chi connectivity index (χ4v) is 4.91. The van der Waals surface area contributed by atoms with Crippen molar-refractivity contribution >= 4 is 28.7 Å². The van der Waals surface area contributed by atoms with E-state index in [9.17, 15) is 18.7 Å². The quantitative estimate of drug-likeness (QED) is 0.598. The maximum absolute atomic E-state index is 14.5. The van der Waals surface area contributed by atoms with Gasteiger partial charge in [0.1, 0.15) is 35.0 Å². The van der Waals surface area contributed by atoms with Gasteiger partial charge in [-0.1, -0.05) is 12.1 Å². The molecule has 2 aliphatic heterocycles. The summed E-state index contributed by atoms with van der Waals surface area (Å²) in [5, 5.41) is 16.9. The number of nitrogens with zero attached hydrogens (tertiary/aromatic N) is 5. The van der Waals surface area contributed by atoms with Crippen molar-refractivity contribution in [1.29, 1.82) is 0 Å². The van der Waals surface area contributed by atoms with Gasteiger partial charge in [0.25, 0.3) is 5.56 Å². The molecule has 2 unspecified atom stereocenters. The zero-order valence-electron chi connectivity index (χ0n) is 19.4. The van der Waals surface area contributed by atoms with E-state index in [1.807, 2.05) is 13.8 Å². The van der Waals surface area contributed by atoms with Crippen molar-refractivity contribution in [3.05, 3.63) is 75.7 Å². The molecule has 2 aliphatic rings. The third-order valence-corrected chi connectivity index (χ3v) is 6.56. The molecular formula is C25H24F2N6O2. The Labute approximate surface area is 199 Å². The molecule has 10 heteroatoms. The van der Waals surface area contributed by atoms with E-state index < -0.39 is 28.8 Å². The van der Waals surface area contributed by atoms with E-state index >= 15 is 0 Å². The summed E-state index contributed by atoms with van der Waals surface area (Å²) in [6.07, 6.45) is 0.723. The molecule has 0 spiro atoms. The first-order valence-corrected chi connectivity index (χ1v) is 11.1. The lowest BCUT2D eigenvalue weighted by atomic mass is 9.78. The summed E-state index contributed by atoms with van der Waals surface area (Å²) in [5.74, 6) is -1.21. The second-order valence-corrected chi connectivity index (χ2v) is 9.21. The standard InChI is InChI=1S/C25H24F2N6O2/c1-13(2)33-17(8-14-5-4-6-19(27)20(14)22(33)35)11-32-24-25(3,23(28)29-12-30-24)21(31-32)15-7-16(26)10-18(34)9-15/h4-10,12-13,24,34H,11H2,1-3H3,(H2,28,29,30). The highest BCUT2D eigenvalue weighted by atomic mass is 19.1. The number of halogens is 2. The molecule has 180 valence electrons. The van der Waals surface area contributed by atoms with E-state index in [1.54, 1.807) is 30.1 Å². The van der Waals surface area contributed by atoms with Gasteiger partial charge in [-0.25, -0.2) is 18.8 Å². The monoisotopic (exact) mass is 478 g/mol. The number of hydrogen-bond donors (Lipinski definition) is 2. The Kier molecular flexibility index (Phi) is 5.19. The number of aliphatic imine (C=N–C) groups is 2. The average molecular weight is 479 g/mol. The summed E-state index contributed by atoms with van der Waals surface area (Å²) >= 11 is 0. The summed E-state index contributed by atoms with van der Waals surface area (Å²) in [4.78, 5) is 21.9. The van der Waals surface area contributed by atoms with Crippen LogP contribution in [0.1, 0.15) is 38.1 Å². The van der Waals surface area contributed by atoms with E-state index in [0.717, 1.165) is 6.07 Å². The first-order valence-electron chi connectivity index (χ1n) is 11.1. The lowest BCUT2D eigenvalue weighted by Gasteiger charge is -2.34. The minimum absolute atomic E-state index is 0.0303. The van der Waals surface area contributed by atoms with Gasteiger partial charge in [-0.3, -0.25) is 9.80 Å². The minimum atomic E-state index is -1.01. The normalized spacial score (nSPS) is 21.4. The van der Waals surface area contributed by atoms with Crippen LogP contribution in [0.3, 0.4) is 0 Å². The molecule has 0 bridgehead atoms. The number of aromatic nitrogens is 1. The highest BCUT2D eigenvalue weighted by molar-refractivity contribution is 6.20. The molecule has 0 radical (unpaired) electrons. The Bertz CT molecular complexity index is 1490. The van der Waals surface area contributed by atoms with Crippen molar-refractivity contribution in [1.82, 2.24) is 9.58 Å². The number of rotatable bonds is 4. The summed E-state index contributed by atoms with van der Waals surface area (Å²) in [5.41, 5.74) is 6.20. The number of amidine groups is 1. The molecule has 3 N–H and O–H groups in total. The zero-order chi connectivity index (χ0) is 25.1. The van der Waals surface area contributed by atoms with Crippen LogP contribution >= 0.6 is 0 Å². The SMILES string of the molecule is CC(C)n1c(CN2N=C(c3cc(O)cc(F)c3)C3(C)C(N)=NC=NC23)cc2cccc(F)c2c1=O. The van der Waals surface area contributed by atoms with Crippen molar-refractivity contribution in [3.8, 4) is 5.75 Å². The second kappa shape index (κ2) is 8.00. The van der Waals surface area contributed by atoms with Gasteiger partial charge in [0, 0.05) is 23.4 Å². The van der Waals surface area contributed by atoms with Gasteiger partial charge in [0.15, 0.2) is 6.17 Å². The number of nitrogens with two attached hydrogens (primary N) is 1. The van der Waals surface area contributed by atoms with E-state index in [1.165, 1.54) is 29.1 Å². The smallest absolute Gasteiger partial charge is 0.261 e. The maximum Gasteiger partial charge on any atom is 0.261 e. The van der Waals surface area contributed by atoms with Crippen LogP contribution in [0.2, 0.25) is 0 Å². The number of benzene rings is 2. The Morgan fingerprint density at radius 2 is 1.97 bits per heavy atom. The van der Waals surface area contributed by atoms with Gasteiger partial charge >= 0.3 is 0 Å². The molecule has 3 heterocycles. The molecule has 5 rings (SSSR count). The number of aromatic hydroxyl groups is 1. The van der Waals surface area contributed by atoms with E-state index in [0.29, 0.717) is 22.4 Å². The van der Waals surface area contributed by atoms with Crippen molar-refractivity contribution in [3.63, 3.8) is 0 Å². The molecule has 0 saturated carbocycles. The van der Waals surface area contributed by atoms with Gasteiger partial charge < -0.3 is 15.4 Å². The molecule has 2 aromatic carbocycles. The predicted molar refractivity (Wildman–Crippen MR) is 131 cm³/mol. The van der Waals surface area contributed by atoms with Crippen LogP contribution in [0, 0.1) is 17.0 Å². The van der Waals surface area contributed by atoms with Crippen LogP contribution in [-0.2, 0) is 6.54 Å². The summed E-state index contributed by atoms with van der Waals surface area (Å²) in [6, 6.07) is 9.70. The minimum Gasteiger partial charge on any atom is -0.508 e. The first-order chi connectivity index (χ1) is 16.6. The number of phenols is 1. The topological polar surface area (TPSA) is 109 Å². The number of pyridine rings is 1. The third kappa shape index (κ3) is 3.48. The van der Waals surface area contributed by atoms with Crippen LogP contribution < -0.4 is 11.3 Å². The molecule has 2 atom stereocenters. The highest BCUT2D eigenvalue weighted by Gasteiger charge is 2.52. The van der Waals surface area contributed by atoms with Crippen LogP contribution in [0.25, 0.3) is 10.8 Å². The molecular weight excluding hydrogens is 454 g/mol. The number of hydrogen-bond acceptors (Lipinski definition) is 7. The summed E-state index contributed by atoms with van der Waals surface area (Å²) < 4.78 is 30.2. The lowest BCUT2D eigenvalue weighted by Crippen LogP contribution is -2.51. The fourth-order valence-electron chi connectivity index (χ4n) is 4.91. The Morgan fingerprint density at radius 1 is 1.20 bits per heavy atom. The number of fused-ring (bicyclic) bond motifs is 2. The van der Waals surface area contributed by atoms with Gasteiger partial charge in [-0.15, -0.1) is 0 Å². The van der Waals surface area contributed by atoms with Crippen LogP contribution in [0.5, 0.6) is 5.75 Å². The molecule has 0 aliphatic carbocycles. The largest absolute Gasteiger partial charge is 0.508 e. The predicted octanol–water partition coefficient (Wildman–Crippen LogP) is 3.52. The summed E-state index contributed by atoms with van der Waals surface area (Å²) in [6.45, 7) is 5.65. The molecule has 35 heavy (non-hydrogen) atoms. The highest BCUT2D eigenvalue weighted by Crippen LogP contribution is 2.41. The molecule has 3 aromatic rings. The molecule has 8 nitrogen and oxygen atoms in total. The Balaban J connectivity index is 1.67. The summed E-state index contributed by atoms with van der Waals surface area (Å²) in [7, 11) is 0. The van der Waals surface area contributed by atoms with Crippen LogP contribution in [-0.4, -0.2) is 38.7 Å². The zero-order valence-corrected chi connectivity index (χ0v) is 19.4. The van der Waals surface area contributed by atoms with Gasteiger partial charge in [-0.05, 0) is 50.4 Å². The Hall–Kier alpha value is -4.08. The third-order valence-electron chi connectivity index (χ3n) is 6.56. The molecule has 0 amide bonds. The maximum atomic E-state index is 14.5. The molecule has 0 fully saturated rings. The number of hydrazone groups is 1. The molecule has 1 aromatic heterocycles. The van der Waals surface area contributed by atoms with E-state index in [4.69, 9.17) is 10.8 Å². The van der Waals surface area contributed by atoms with E-state index in [2.05, 4.69) is 9.98 Å². The van der Waals surface area contributed by atoms with Crippen molar-refractivity contribution in [2.24, 2.45) is 26.2 Å². The molecule has 0 saturated heterocycles. The van der Waals surface area contributed by atoms with E-state index in [-0.39, 0.29) is 29.6 Å². The van der Waals surface area contributed by atoms with Gasteiger partial charge in [0.2, 0.25) is 0 Å². The van der Waals surface area contributed by atoms with Crippen LogP contribution in [0.15, 0.2) is 62.3 Å². The number of phenolic OH excluding ortho intramolecular Hbond substituents is 1. The van der Waals surface area contributed by atoms with Gasteiger partial charge in [-0.2, -0.15) is 5.10 Å². The lowest BCUT2D eigenvalue weighted by molar-refractivity contribution is 0.178. The average Bonchev–Trinajstić information content (AvgIpc) is 3.06. The van der Waals surface area contributed by atoms with Gasteiger partial charge in [0.05, 0.1) is 17.6 Å². The Morgan fingerprint density at radius 3 is 2.69 bits per heavy atom. The van der Waals surface area contributed by atoms with Crippen molar-refractivity contribution in [2.75, 3.05) is 0 Å². The van der Waals surface area contributed by atoms with Crippen molar-refractivity contribution in [2.45, 2.75) is 39.5 Å². The fraction of sp³-hybridized carbons (Fsp3) is 0.280. The second-order valence-electron chi connectivity index (χ2n) is 9.21. The van der Waals surface area contributed by atoms with Crippen molar-refractivity contribution < 1.29 is 13.9 Å². The van der Waals surface area contributed by atoms with Crippen LogP contribution in [0.4, 0.5) is 8.78 Å².